The average molecular weight is 192 g/mol. The smallest absolute Gasteiger partial charge is 0.0225 e. The topological polar surface area (TPSA) is 24.1 Å². The second-order valence-electron chi connectivity index (χ2n) is 4.03. The molecule has 0 bridgehead atoms. The van der Waals surface area contributed by atoms with Crippen molar-refractivity contribution in [1.29, 1.82) is 0 Å². The van der Waals surface area contributed by atoms with E-state index in [-0.39, 0.29) is 0 Å². The van der Waals surface area contributed by atoms with Crippen LogP contribution in [0.15, 0.2) is 30.3 Å². The van der Waals surface area contributed by atoms with Crippen LogP contribution < -0.4 is 10.9 Å². The summed E-state index contributed by atoms with van der Waals surface area (Å²) >= 11 is 0. The molecule has 0 saturated heterocycles. The summed E-state index contributed by atoms with van der Waals surface area (Å²) in [5, 5.41) is 0. The van der Waals surface area contributed by atoms with E-state index >= 15 is 0 Å². The number of hydrazine groups is 1. The van der Waals surface area contributed by atoms with E-state index < -0.39 is 0 Å². The van der Waals surface area contributed by atoms with E-state index in [0.29, 0.717) is 12.1 Å². The van der Waals surface area contributed by atoms with Gasteiger partial charge in [-0.2, -0.15) is 0 Å². The van der Waals surface area contributed by atoms with E-state index in [1.165, 1.54) is 5.56 Å². The van der Waals surface area contributed by atoms with Gasteiger partial charge in [-0.1, -0.05) is 30.3 Å². The third-order valence-corrected chi connectivity index (χ3v) is 2.00. The SMILES string of the molecule is CC(C)NN[C@H](C)Cc1ccccc1. The van der Waals surface area contributed by atoms with Crippen molar-refractivity contribution in [2.24, 2.45) is 0 Å². The molecule has 2 N–H and O–H groups in total. The number of nitrogens with one attached hydrogen (secondary N) is 2. The molecule has 1 atom stereocenters. The molecule has 0 spiro atoms. The van der Waals surface area contributed by atoms with Gasteiger partial charge in [0.15, 0.2) is 0 Å². The standard InChI is InChI=1S/C12H20N2/c1-10(2)13-14-11(3)9-12-7-5-4-6-8-12/h4-8,10-11,13-14H,9H2,1-3H3/t11-/m1/s1. The van der Waals surface area contributed by atoms with Gasteiger partial charge in [-0.15, -0.1) is 0 Å². The number of rotatable bonds is 5. The van der Waals surface area contributed by atoms with Crippen molar-refractivity contribution in [3.8, 4) is 0 Å². The molecule has 14 heavy (non-hydrogen) atoms. The predicted molar refractivity (Wildman–Crippen MR) is 61.0 cm³/mol. The summed E-state index contributed by atoms with van der Waals surface area (Å²) in [6.45, 7) is 6.44. The van der Waals surface area contributed by atoms with Gasteiger partial charge in [0.1, 0.15) is 0 Å². The van der Waals surface area contributed by atoms with Crippen molar-refractivity contribution in [3.05, 3.63) is 35.9 Å². The van der Waals surface area contributed by atoms with Crippen LogP contribution in [0.1, 0.15) is 26.3 Å². The van der Waals surface area contributed by atoms with Crippen molar-refractivity contribution >= 4 is 0 Å². The quantitative estimate of drug-likeness (QED) is 0.698. The van der Waals surface area contributed by atoms with Gasteiger partial charge in [-0.05, 0) is 32.8 Å². The van der Waals surface area contributed by atoms with Gasteiger partial charge < -0.3 is 0 Å². The lowest BCUT2D eigenvalue weighted by atomic mass is 10.1. The van der Waals surface area contributed by atoms with E-state index in [2.05, 4.69) is 55.9 Å². The molecule has 0 aliphatic carbocycles. The summed E-state index contributed by atoms with van der Waals surface area (Å²) in [5.41, 5.74) is 7.87. The second kappa shape index (κ2) is 5.78. The predicted octanol–water partition coefficient (Wildman–Crippen LogP) is 2.12. The number of benzene rings is 1. The molecule has 1 aromatic carbocycles. The fourth-order valence-electron chi connectivity index (χ4n) is 1.33. The van der Waals surface area contributed by atoms with Gasteiger partial charge in [-0.25, -0.2) is 0 Å². The van der Waals surface area contributed by atoms with Gasteiger partial charge in [0.2, 0.25) is 0 Å². The molecular formula is C12H20N2. The average Bonchev–Trinajstić information content (AvgIpc) is 2.16. The maximum atomic E-state index is 3.28. The molecule has 78 valence electrons. The molecule has 0 unspecified atom stereocenters. The van der Waals surface area contributed by atoms with Gasteiger partial charge in [0.05, 0.1) is 0 Å². The first-order valence-electron chi connectivity index (χ1n) is 5.23. The van der Waals surface area contributed by atoms with Crippen LogP contribution in [0.2, 0.25) is 0 Å². The minimum absolute atomic E-state index is 0.458. The third-order valence-electron chi connectivity index (χ3n) is 2.00. The molecule has 0 radical (unpaired) electrons. The van der Waals surface area contributed by atoms with Crippen LogP contribution >= 0.6 is 0 Å². The Morgan fingerprint density at radius 3 is 2.21 bits per heavy atom. The number of hydrogen-bond donors (Lipinski definition) is 2. The molecule has 0 aromatic heterocycles. The minimum Gasteiger partial charge on any atom is -0.255 e. The van der Waals surface area contributed by atoms with Crippen LogP contribution in [-0.2, 0) is 6.42 Å². The maximum Gasteiger partial charge on any atom is 0.0225 e. The zero-order valence-electron chi connectivity index (χ0n) is 9.25. The summed E-state index contributed by atoms with van der Waals surface area (Å²) < 4.78 is 0. The highest BCUT2D eigenvalue weighted by atomic mass is 15.4. The highest BCUT2D eigenvalue weighted by Gasteiger charge is 2.02. The number of hydrogen-bond acceptors (Lipinski definition) is 2. The van der Waals surface area contributed by atoms with E-state index in [0.717, 1.165) is 6.42 Å². The Kier molecular flexibility index (Phi) is 4.63. The molecule has 0 saturated carbocycles. The first kappa shape index (κ1) is 11.2. The Morgan fingerprint density at radius 1 is 1.00 bits per heavy atom. The third kappa shape index (κ3) is 4.40. The van der Waals surface area contributed by atoms with E-state index in [9.17, 15) is 0 Å². The van der Waals surface area contributed by atoms with E-state index in [1.54, 1.807) is 0 Å². The Hall–Kier alpha value is -0.860. The van der Waals surface area contributed by atoms with E-state index in [1.807, 2.05) is 6.07 Å². The summed E-state index contributed by atoms with van der Waals surface area (Å²) in [5.74, 6) is 0. The van der Waals surface area contributed by atoms with Crippen LogP contribution in [-0.4, -0.2) is 12.1 Å². The molecule has 0 fully saturated rings. The highest BCUT2D eigenvalue weighted by molar-refractivity contribution is 5.15. The van der Waals surface area contributed by atoms with Gasteiger partial charge in [-0.3, -0.25) is 10.9 Å². The van der Waals surface area contributed by atoms with E-state index in [4.69, 9.17) is 0 Å². The van der Waals surface area contributed by atoms with Crippen LogP contribution in [0.4, 0.5) is 0 Å². The fraction of sp³-hybridized carbons (Fsp3) is 0.500. The summed E-state index contributed by atoms with van der Waals surface area (Å²) in [4.78, 5) is 0. The Balaban J connectivity index is 2.30. The molecule has 0 amide bonds. The molecule has 2 nitrogen and oxygen atoms in total. The van der Waals surface area contributed by atoms with Gasteiger partial charge in [0.25, 0.3) is 0 Å². The zero-order valence-corrected chi connectivity index (χ0v) is 9.25. The maximum absolute atomic E-state index is 3.28. The van der Waals surface area contributed by atoms with Crippen molar-refractivity contribution < 1.29 is 0 Å². The van der Waals surface area contributed by atoms with Gasteiger partial charge in [0, 0.05) is 12.1 Å². The van der Waals surface area contributed by atoms with Crippen LogP contribution in [0.25, 0.3) is 0 Å². The lowest BCUT2D eigenvalue weighted by Crippen LogP contribution is -2.43. The molecule has 2 heteroatoms. The lowest BCUT2D eigenvalue weighted by Gasteiger charge is -2.16. The highest BCUT2D eigenvalue weighted by Crippen LogP contribution is 2.01. The minimum atomic E-state index is 0.458. The molecule has 1 aromatic rings. The van der Waals surface area contributed by atoms with Crippen LogP contribution in [0.3, 0.4) is 0 Å². The second-order valence-corrected chi connectivity index (χ2v) is 4.03. The van der Waals surface area contributed by atoms with Crippen molar-refractivity contribution in [2.75, 3.05) is 0 Å². The molecule has 0 aliphatic rings. The van der Waals surface area contributed by atoms with Crippen molar-refractivity contribution in [1.82, 2.24) is 10.9 Å². The van der Waals surface area contributed by atoms with Gasteiger partial charge >= 0.3 is 0 Å². The molecular weight excluding hydrogens is 172 g/mol. The molecule has 1 rings (SSSR count). The largest absolute Gasteiger partial charge is 0.255 e. The first-order chi connectivity index (χ1) is 6.68. The normalized spacial score (nSPS) is 13.1. The first-order valence-corrected chi connectivity index (χ1v) is 5.23. The zero-order chi connectivity index (χ0) is 10.4. The fourth-order valence-corrected chi connectivity index (χ4v) is 1.33. The van der Waals surface area contributed by atoms with Crippen LogP contribution in [0, 0.1) is 0 Å². The molecule has 0 heterocycles. The Bertz CT molecular complexity index is 244. The Labute approximate surface area is 86.7 Å². The lowest BCUT2D eigenvalue weighted by molar-refractivity contribution is 0.410. The monoisotopic (exact) mass is 192 g/mol. The van der Waals surface area contributed by atoms with Crippen molar-refractivity contribution in [2.45, 2.75) is 39.3 Å². The Morgan fingerprint density at radius 2 is 1.64 bits per heavy atom. The summed E-state index contributed by atoms with van der Waals surface area (Å²) in [6.07, 6.45) is 1.06. The van der Waals surface area contributed by atoms with Crippen LogP contribution in [0.5, 0.6) is 0 Å². The summed E-state index contributed by atoms with van der Waals surface area (Å²) in [7, 11) is 0. The molecule has 0 aliphatic heterocycles. The van der Waals surface area contributed by atoms with Crippen molar-refractivity contribution in [3.63, 3.8) is 0 Å². The summed E-state index contributed by atoms with van der Waals surface area (Å²) in [6, 6.07) is 11.5.